The highest BCUT2D eigenvalue weighted by Gasteiger charge is 2.14. The van der Waals surface area contributed by atoms with Gasteiger partial charge in [-0.25, -0.2) is 0 Å². The Morgan fingerprint density at radius 2 is 2.22 bits per heavy atom. The van der Waals surface area contributed by atoms with E-state index in [0.717, 1.165) is 5.01 Å². The van der Waals surface area contributed by atoms with Crippen LogP contribution in [-0.2, 0) is 0 Å². The monoisotopic (exact) mass is 264 g/mol. The fraction of sp³-hybridized carbons (Fsp3) is 0.182. The molecule has 0 saturated heterocycles. The van der Waals surface area contributed by atoms with E-state index in [1.54, 1.807) is 18.2 Å². The number of ether oxygens (including phenoxy) is 1. The number of nitrogens with zero attached hydrogens (tertiary/aromatic N) is 2. The van der Waals surface area contributed by atoms with Crippen molar-refractivity contribution in [1.29, 1.82) is 0 Å². The lowest BCUT2D eigenvalue weighted by molar-refractivity contribution is 0.102. The van der Waals surface area contributed by atoms with Crippen LogP contribution in [0.5, 0.6) is 5.75 Å². The van der Waals surface area contributed by atoms with E-state index in [2.05, 4.69) is 15.5 Å². The maximum absolute atomic E-state index is 12.0. The minimum Gasteiger partial charge on any atom is -0.496 e. The van der Waals surface area contributed by atoms with Crippen molar-refractivity contribution in [3.05, 3.63) is 28.8 Å². The van der Waals surface area contributed by atoms with E-state index in [9.17, 15) is 4.79 Å². The summed E-state index contributed by atoms with van der Waals surface area (Å²) in [6.07, 6.45) is 0. The first-order valence-corrected chi connectivity index (χ1v) is 5.97. The maximum atomic E-state index is 12.0. The number of hydrogen-bond donors (Lipinski definition) is 2. The van der Waals surface area contributed by atoms with E-state index in [1.807, 2.05) is 6.92 Å². The molecule has 7 heteroatoms. The number of anilines is 2. The lowest BCUT2D eigenvalue weighted by Crippen LogP contribution is -2.13. The van der Waals surface area contributed by atoms with Crippen LogP contribution in [0.25, 0.3) is 0 Å². The second-order valence-electron chi connectivity index (χ2n) is 3.54. The van der Waals surface area contributed by atoms with E-state index in [4.69, 9.17) is 10.5 Å². The molecule has 0 bridgehead atoms. The van der Waals surface area contributed by atoms with Gasteiger partial charge in [0.25, 0.3) is 5.91 Å². The predicted molar refractivity (Wildman–Crippen MR) is 70.0 cm³/mol. The summed E-state index contributed by atoms with van der Waals surface area (Å²) >= 11 is 1.31. The van der Waals surface area contributed by atoms with Crippen molar-refractivity contribution >= 4 is 28.1 Å². The molecule has 2 aromatic rings. The average molecular weight is 264 g/mol. The first kappa shape index (κ1) is 12.3. The van der Waals surface area contributed by atoms with Crippen LogP contribution in [0.3, 0.4) is 0 Å². The smallest absolute Gasteiger partial charge is 0.261 e. The first-order valence-electron chi connectivity index (χ1n) is 5.15. The van der Waals surface area contributed by atoms with Crippen LogP contribution in [0.15, 0.2) is 18.2 Å². The van der Waals surface area contributed by atoms with Crippen LogP contribution >= 0.6 is 11.3 Å². The summed E-state index contributed by atoms with van der Waals surface area (Å²) in [5.41, 5.74) is 6.57. The van der Waals surface area contributed by atoms with E-state index in [1.165, 1.54) is 18.4 Å². The van der Waals surface area contributed by atoms with E-state index in [0.29, 0.717) is 22.1 Å². The maximum Gasteiger partial charge on any atom is 0.261 e. The molecule has 0 aliphatic rings. The lowest BCUT2D eigenvalue weighted by Gasteiger charge is -2.08. The molecule has 0 radical (unpaired) electrons. The molecule has 0 saturated carbocycles. The third-order valence-electron chi connectivity index (χ3n) is 2.22. The molecule has 18 heavy (non-hydrogen) atoms. The number of rotatable bonds is 3. The Labute approximate surface area is 108 Å². The summed E-state index contributed by atoms with van der Waals surface area (Å²) in [6.45, 7) is 1.82. The molecule has 1 amide bonds. The number of nitrogen functional groups attached to an aromatic ring is 1. The average Bonchev–Trinajstić information content (AvgIpc) is 2.74. The fourth-order valence-corrected chi connectivity index (χ4v) is 1.99. The molecule has 1 heterocycles. The molecule has 0 atom stereocenters. The van der Waals surface area contributed by atoms with Crippen LogP contribution in [0, 0.1) is 6.92 Å². The van der Waals surface area contributed by atoms with Gasteiger partial charge in [-0.1, -0.05) is 11.3 Å². The summed E-state index contributed by atoms with van der Waals surface area (Å²) in [6, 6.07) is 4.85. The number of amides is 1. The van der Waals surface area contributed by atoms with Gasteiger partial charge in [0.2, 0.25) is 5.13 Å². The van der Waals surface area contributed by atoms with Gasteiger partial charge in [-0.2, -0.15) is 0 Å². The SMILES string of the molecule is COc1cc(N)ccc1C(=O)Nc1nnc(C)s1. The summed E-state index contributed by atoms with van der Waals surface area (Å²) in [4.78, 5) is 12.0. The van der Waals surface area contributed by atoms with Crippen molar-refractivity contribution in [2.45, 2.75) is 6.92 Å². The van der Waals surface area contributed by atoms with Crippen molar-refractivity contribution in [1.82, 2.24) is 10.2 Å². The summed E-state index contributed by atoms with van der Waals surface area (Å²) in [5.74, 6) is 0.122. The van der Waals surface area contributed by atoms with Gasteiger partial charge in [-0.05, 0) is 19.1 Å². The van der Waals surface area contributed by atoms with Crippen molar-refractivity contribution in [2.24, 2.45) is 0 Å². The second-order valence-corrected chi connectivity index (χ2v) is 4.72. The third-order valence-corrected chi connectivity index (χ3v) is 2.97. The molecular weight excluding hydrogens is 252 g/mol. The first-order chi connectivity index (χ1) is 8.60. The van der Waals surface area contributed by atoms with Gasteiger partial charge in [0, 0.05) is 11.8 Å². The highest BCUT2D eigenvalue weighted by molar-refractivity contribution is 7.15. The van der Waals surface area contributed by atoms with Crippen molar-refractivity contribution in [3.63, 3.8) is 0 Å². The molecule has 1 aromatic heterocycles. The number of nitrogens with two attached hydrogens (primary N) is 1. The quantitative estimate of drug-likeness (QED) is 0.823. The standard InChI is InChI=1S/C11H12N4O2S/c1-6-14-15-11(18-6)13-10(16)8-4-3-7(12)5-9(8)17-2/h3-5H,12H2,1-2H3,(H,13,15,16). The topological polar surface area (TPSA) is 90.1 Å². The zero-order chi connectivity index (χ0) is 13.1. The Morgan fingerprint density at radius 1 is 1.44 bits per heavy atom. The predicted octanol–water partition coefficient (Wildman–Crippen LogP) is 1.69. The molecule has 0 unspecified atom stereocenters. The molecule has 0 aliphatic carbocycles. The van der Waals surface area contributed by atoms with Gasteiger partial charge in [-0.3, -0.25) is 10.1 Å². The highest BCUT2D eigenvalue weighted by Crippen LogP contribution is 2.23. The number of methoxy groups -OCH3 is 1. The fourth-order valence-electron chi connectivity index (χ4n) is 1.41. The number of benzene rings is 1. The molecule has 1 aromatic carbocycles. The van der Waals surface area contributed by atoms with Crippen LogP contribution in [0.1, 0.15) is 15.4 Å². The zero-order valence-electron chi connectivity index (χ0n) is 9.93. The molecule has 0 fully saturated rings. The molecule has 0 spiro atoms. The van der Waals surface area contributed by atoms with E-state index >= 15 is 0 Å². The van der Waals surface area contributed by atoms with Gasteiger partial charge in [0.15, 0.2) is 0 Å². The van der Waals surface area contributed by atoms with E-state index < -0.39 is 0 Å². The number of nitrogens with one attached hydrogen (secondary N) is 1. The molecule has 0 aliphatic heterocycles. The van der Waals surface area contributed by atoms with Crippen molar-refractivity contribution < 1.29 is 9.53 Å². The highest BCUT2D eigenvalue weighted by atomic mass is 32.1. The number of hydrogen-bond acceptors (Lipinski definition) is 6. The van der Waals surface area contributed by atoms with Crippen LogP contribution in [0.4, 0.5) is 10.8 Å². The zero-order valence-corrected chi connectivity index (χ0v) is 10.7. The largest absolute Gasteiger partial charge is 0.496 e. The van der Waals surface area contributed by atoms with Gasteiger partial charge in [0.1, 0.15) is 10.8 Å². The van der Waals surface area contributed by atoms with E-state index in [-0.39, 0.29) is 5.91 Å². The Morgan fingerprint density at radius 3 is 2.83 bits per heavy atom. The minimum atomic E-state index is -0.303. The number of carbonyl (C=O) groups excluding carboxylic acids is 1. The number of aromatic nitrogens is 2. The number of aryl methyl sites for hydroxylation is 1. The normalized spacial score (nSPS) is 10.1. The molecule has 94 valence electrons. The van der Waals surface area contributed by atoms with Crippen molar-refractivity contribution in [2.75, 3.05) is 18.2 Å². The van der Waals surface area contributed by atoms with Gasteiger partial charge in [-0.15, -0.1) is 10.2 Å². The van der Waals surface area contributed by atoms with Crippen LogP contribution in [-0.4, -0.2) is 23.2 Å². The molecule has 2 rings (SSSR count). The van der Waals surface area contributed by atoms with Gasteiger partial charge in [0.05, 0.1) is 12.7 Å². The Kier molecular flexibility index (Phi) is 3.42. The second kappa shape index (κ2) is 5.01. The Hall–Kier alpha value is -2.15. The van der Waals surface area contributed by atoms with Crippen LogP contribution in [0.2, 0.25) is 0 Å². The minimum absolute atomic E-state index is 0.303. The summed E-state index contributed by atoms with van der Waals surface area (Å²) < 4.78 is 5.12. The Balaban J connectivity index is 2.23. The molecule has 3 N–H and O–H groups in total. The van der Waals surface area contributed by atoms with Crippen LogP contribution < -0.4 is 15.8 Å². The summed E-state index contributed by atoms with van der Waals surface area (Å²) in [7, 11) is 1.49. The van der Waals surface area contributed by atoms with Gasteiger partial charge >= 0.3 is 0 Å². The molecular formula is C11H12N4O2S. The van der Waals surface area contributed by atoms with Gasteiger partial charge < -0.3 is 10.5 Å². The van der Waals surface area contributed by atoms with Crippen molar-refractivity contribution in [3.8, 4) is 5.75 Å². The number of carbonyl (C=O) groups is 1. The third kappa shape index (κ3) is 2.57. The Bertz CT molecular complexity index is 582. The summed E-state index contributed by atoms with van der Waals surface area (Å²) in [5, 5.41) is 11.5. The lowest BCUT2D eigenvalue weighted by atomic mass is 10.1. The molecule has 6 nitrogen and oxygen atoms in total.